The molecule has 0 aliphatic carbocycles. The van der Waals surface area contributed by atoms with Crippen molar-refractivity contribution in [1.29, 1.82) is 0 Å². The number of hydrogen-bond donors (Lipinski definition) is 0. The topological polar surface area (TPSA) is 121 Å². The molecular formula is C26H46N2O9S. The Morgan fingerprint density at radius 1 is 0.895 bits per heavy atom. The first kappa shape index (κ1) is 30.9. The van der Waals surface area contributed by atoms with Crippen LogP contribution in [-0.2, 0) is 33.2 Å². The van der Waals surface area contributed by atoms with Crippen molar-refractivity contribution in [2.45, 2.75) is 116 Å². The Bertz CT molecular complexity index is 922. The number of nitrogens with zero attached hydrogens (tertiary/aromatic N) is 2. The first-order valence-electron chi connectivity index (χ1n) is 13.6. The van der Waals surface area contributed by atoms with Crippen LogP contribution in [0.5, 0.6) is 0 Å². The van der Waals surface area contributed by atoms with Gasteiger partial charge in [-0.2, -0.15) is 8.42 Å². The number of likely N-dealkylation sites (tertiary alicyclic amines) is 2. The summed E-state index contributed by atoms with van der Waals surface area (Å²) in [6.45, 7) is 12.4. The second kappa shape index (κ2) is 12.3. The molecule has 12 heteroatoms. The Morgan fingerprint density at radius 3 is 2.03 bits per heavy atom. The van der Waals surface area contributed by atoms with Gasteiger partial charge in [0.05, 0.1) is 31.6 Å². The zero-order valence-corrected chi connectivity index (χ0v) is 24.8. The number of carbonyl (C=O) groups excluding carboxylic acids is 2. The third kappa shape index (κ3) is 9.84. The molecule has 3 aliphatic heterocycles. The SMILES string of the molecule is CC(C)(C)OC(=O)N1C[C@H](C[C@@H]2C[C@@H](OS(C)(=O)=O)CN2C(=O)OC(C)(C)C)C[C@H]1COC1CCCCO1. The molecule has 0 aromatic carbocycles. The van der Waals surface area contributed by atoms with Crippen LogP contribution in [0.4, 0.5) is 9.59 Å². The van der Waals surface area contributed by atoms with E-state index in [0.29, 0.717) is 39.0 Å². The molecule has 0 aromatic rings. The molecular weight excluding hydrogens is 516 g/mol. The van der Waals surface area contributed by atoms with Crippen molar-refractivity contribution in [3.63, 3.8) is 0 Å². The molecule has 0 spiro atoms. The van der Waals surface area contributed by atoms with Gasteiger partial charge in [-0.3, -0.25) is 4.18 Å². The van der Waals surface area contributed by atoms with E-state index in [0.717, 1.165) is 25.5 Å². The Hall–Kier alpha value is -1.63. The highest BCUT2D eigenvalue weighted by Gasteiger charge is 2.44. The predicted octanol–water partition coefficient (Wildman–Crippen LogP) is 3.90. The molecule has 3 rings (SSSR count). The van der Waals surface area contributed by atoms with Crippen LogP contribution in [0.2, 0.25) is 0 Å². The van der Waals surface area contributed by atoms with Crippen LogP contribution in [0, 0.1) is 5.92 Å². The maximum absolute atomic E-state index is 13.1. The molecule has 3 aliphatic rings. The lowest BCUT2D eigenvalue weighted by Gasteiger charge is -2.30. The van der Waals surface area contributed by atoms with Gasteiger partial charge in [0.15, 0.2) is 6.29 Å². The van der Waals surface area contributed by atoms with Gasteiger partial charge in [0, 0.05) is 19.2 Å². The van der Waals surface area contributed by atoms with Gasteiger partial charge in [-0.05, 0) is 86.0 Å². The summed E-state index contributed by atoms with van der Waals surface area (Å²) in [6, 6.07) is -0.483. The first-order chi connectivity index (χ1) is 17.5. The minimum Gasteiger partial charge on any atom is -0.444 e. The lowest BCUT2D eigenvalue weighted by atomic mass is 9.95. The number of amides is 2. The van der Waals surface area contributed by atoms with Gasteiger partial charge < -0.3 is 28.7 Å². The zero-order valence-electron chi connectivity index (χ0n) is 23.9. The van der Waals surface area contributed by atoms with Crippen LogP contribution in [-0.4, -0.2) is 98.6 Å². The molecule has 5 atom stereocenters. The van der Waals surface area contributed by atoms with Crippen LogP contribution in [0.3, 0.4) is 0 Å². The standard InChI is InChI=1S/C26H46N2O9S/c1-25(2,3)35-23(29)27-15-18(13-20(27)17-34-22-10-8-9-11-33-22)12-19-14-21(37-38(7,31)32)16-28(19)24(30)36-26(4,5)6/h18-22H,8-17H2,1-7H3/t18-,19-,20+,21-,22?/m1/s1. The molecule has 2 amide bonds. The molecule has 11 nitrogen and oxygen atoms in total. The monoisotopic (exact) mass is 562 g/mol. The average Bonchev–Trinajstić information content (AvgIpc) is 3.33. The third-order valence-electron chi connectivity index (χ3n) is 6.66. The lowest BCUT2D eigenvalue weighted by Crippen LogP contribution is -2.43. The molecule has 0 radical (unpaired) electrons. The van der Waals surface area contributed by atoms with Crippen LogP contribution >= 0.6 is 0 Å². The summed E-state index contributed by atoms with van der Waals surface area (Å²) < 4.78 is 51.8. The second-order valence-electron chi connectivity index (χ2n) is 12.7. The Morgan fingerprint density at radius 2 is 1.50 bits per heavy atom. The number of ether oxygens (including phenoxy) is 4. The number of carbonyl (C=O) groups is 2. The van der Waals surface area contributed by atoms with Crippen molar-refractivity contribution in [2.75, 3.05) is 32.6 Å². The lowest BCUT2D eigenvalue weighted by molar-refractivity contribution is -0.168. The first-order valence-corrected chi connectivity index (χ1v) is 15.4. The van der Waals surface area contributed by atoms with Crippen molar-refractivity contribution in [2.24, 2.45) is 5.92 Å². The van der Waals surface area contributed by atoms with E-state index in [1.807, 2.05) is 20.8 Å². The van der Waals surface area contributed by atoms with Gasteiger partial charge in [0.1, 0.15) is 11.2 Å². The van der Waals surface area contributed by atoms with Gasteiger partial charge in [-0.15, -0.1) is 0 Å². The van der Waals surface area contributed by atoms with Gasteiger partial charge >= 0.3 is 12.2 Å². The number of hydrogen-bond acceptors (Lipinski definition) is 9. The van der Waals surface area contributed by atoms with Crippen LogP contribution in [0.25, 0.3) is 0 Å². The predicted molar refractivity (Wildman–Crippen MR) is 140 cm³/mol. The highest BCUT2D eigenvalue weighted by atomic mass is 32.2. The van der Waals surface area contributed by atoms with Gasteiger partial charge in [-0.1, -0.05) is 0 Å². The molecule has 0 saturated carbocycles. The summed E-state index contributed by atoms with van der Waals surface area (Å²) in [5.41, 5.74) is -1.33. The van der Waals surface area contributed by atoms with E-state index in [9.17, 15) is 18.0 Å². The van der Waals surface area contributed by atoms with E-state index in [1.54, 1.807) is 30.6 Å². The molecule has 0 bridgehead atoms. The van der Waals surface area contributed by atoms with E-state index >= 15 is 0 Å². The highest BCUT2D eigenvalue weighted by Crippen LogP contribution is 2.35. The fourth-order valence-corrected chi connectivity index (χ4v) is 5.92. The highest BCUT2D eigenvalue weighted by molar-refractivity contribution is 7.86. The number of rotatable bonds is 7. The molecule has 220 valence electrons. The van der Waals surface area contributed by atoms with E-state index in [2.05, 4.69) is 0 Å². The zero-order chi connectivity index (χ0) is 28.3. The van der Waals surface area contributed by atoms with Gasteiger partial charge in [-0.25, -0.2) is 9.59 Å². The Balaban J connectivity index is 1.71. The van der Waals surface area contributed by atoms with Crippen molar-refractivity contribution >= 4 is 22.3 Å². The van der Waals surface area contributed by atoms with Crippen molar-refractivity contribution in [1.82, 2.24) is 9.80 Å². The molecule has 38 heavy (non-hydrogen) atoms. The normalized spacial score (nSPS) is 29.0. The molecule has 3 fully saturated rings. The summed E-state index contributed by atoms with van der Waals surface area (Å²) in [5, 5.41) is 0. The summed E-state index contributed by atoms with van der Waals surface area (Å²) >= 11 is 0. The summed E-state index contributed by atoms with van der Waals surface area (Å²) in [7, 11) is -3.68. The summed E-state index contributed by atoms with van der Waals surface area (Å²) in [5.74, 6) is 0.0512. The van der Waals surface area contributed by atoms with E-state index in [1.165, 1.54) is 0 Å². The third-order valence-corrected chi connectivity index (χ3v) is 7.28. The minimum atomic E-state index is -3.68. The Kier molecular flexibility index (Phi) is 9.97. The van der Waals surface area contributed by atoms with E-state index < -0.39 is 39.6 Å². The molecule has 3 heterocycles. The molecule has 0 aromatic heterocycles. The van der Waals surface area contributed by atoms with E-state index in [-0.39, 0.29) is 30.8 Å². The maximum Gasteiger partial charge on any atom is 0.410 e. The summed E-state index contributed by atoms with van der Waals surface area (Å²) in [4.78, 5) is 29.4. The Labute approximate surface area is 227 Å². The van der Waals surface area contributed by atoms with Crippen LogP contribution in [0.15, 0.2) is 0 Å². The minimum absolute atomic E-state index is 0.0512. The van der Waals surface area contributed by atoms with Gasteiger partial charge in [0.25, 0.3) is 10.1 Å². The van der Waals surface area contributed by atoms with Gasteiger partial charge in [0.2, 0.25) is 0 Å². The fourth-order valence-electron chi connectivity index (χ4n) is 5.29. The molecule has 3 saturated heterocycles. The summed E-state index contributed by atoms with van der Waals surface area (Å²) in [6.07, 6.45) is 3.70. The second-order valence-corrected chi connectivity index (χ2v) is 14.3. The van der Waals surface area contributed by atoms with Crippen LogP contribution < -0.4 is 0 Å². The fraction of sp³-hybridized carbons (Fsp3) is 0.923. The van der Waals surface area contributed by atoms with E-state index in [4.69, 9.17) is 23.1 Å². The van der Waals surface area contributed by atoms with Crippen molar-refractivity contribution in [3.05, 3.63) is 0 Å². The average molecular weight is 563 g/mol. The van der Waals surface area contributed by atoms with Crippen LogP contribution in [0.1, 0.15) is 80.1 Å². The molecule has 0 N–H and O–H groups in total. The maximum atomic E-state index is 13.1. The quantitative estimate of drug-likeness (QED) is 0.425. The van der Waals surface area contributed by atoms with Crippen molar-refractivity contribution < 1.29 is 41.1 Å². The smallest absolute Gasteiger partial charge is 0.410 e. The van der Waals surface area contributed by atoms with Crippen molar-refractivity contribution in [3.8, 4) is 0 Å². The molecule has 1 unspecified atom stereocenters. The largest absolute Gasteiger partial charge is 0.444 e.